The fourth-order valence-electron chi connectivity index (χ4n) is 1.76. The van der Waals surface area contributed by atoms with Gasteiger partial charge in [0.1, 0.15) is 0 Å². The van der Waals surface area contributed by atoms with Gasteiger partial charge in [-0.1, -0.05) is 20.8 Å². The highest BCUT2D eigenvalue weighted by Crippen LogP contribution is 2.29. The van der Waals surface area contributed by atoms with Crippen LogP contribution in [0.3, 0.4) is 0 Å². The molecule has 1 aromatic rings. The van der Waals surface area contributed by atoms with Gasteiger partial charge in [0, 0.05) is 17.3 Å². The van der Waals surface area contributed by atoms with Crippen molar-refractivity contribution >= 4 is 11.3 Å². The van der Waals surface area contributed by atoms with E-state index in [9.17, 15) is 0 Å². The highest BCUT2D eigenvalue weighted by atomic mass is 32.1. The molecule has 0 aliphatic carbocycles. The van der Waals surface area contributed by atoms with Gasteiger partial charge >= 0.3 is 0 Å². The van der Waals surface area contributed by atoms with Gasteiger partial charge in [0.15, 0.2) is 0 Å². The van der Waals surface area contributed by atoms with Crippen LogP contribution >= 0.6 is 11.3 Å². The first-order valence-corrected chi connectivity index (χ1v) is 6.14. The number of hydrogen-bond donors (Lipinski definition) is 1. The van der Waals surface area contributed by atoms with E-state index in [2.05, 4.69) is 38.1 Å². The first-order chi connectivity index (χ1) is 6.56. The largest absolute Gasteiger partial charge is 0.327 e. The highest BCUT2D eigenvalue weighted by molar-refractivity contribution is 7.09. The first-order valence-electron chi connectivity index (χ1n) is 5.26. The molecule has 80 valence electrons. The molecule has 1 aromatic heterocycles. The minimum Gasteiger partial charge on any atom is -0.327 e. The topological polar surface area (TPSA) is 38.9 Å². The van der Waals surface area contributed by atoms with Crippen LogP contribution in [0.2, 0.25) is 0 Å². The molecule has 0 amide bonds. The quantitative estimate of drug-likeness (QED) is 0.833. The summed E-state index contributed by atoms with van der Waals surface area (Å²) in [5, 5.41) is 3.35. The molecule has 2 atom stereocenters. The van der Waals surface area contributed by atoms with Crippen LogP contribution in [-0.4, -0.2) is 11.0 Å². The summed E-state index contributed by atoms with van der Waals surface area (Å²) >= 11 is 1.75. The van der Waals surface area contributed by atoms with Gasteiger partial charge in [0.2, 0.25) is 0 Å². The summed E-state index contributed by atoms with van der Waals surface area (Å²) < 4.78 is 0. The van der Waals surface area contributed by atoms with Crippen molar-refractivity contribution in [2.45, 2.75) is 46.1 Å². The Morgan fingerprint density at radius 1 is 1.43 bits per heavy atom. The Morgan fingerprint density at radius 2 is 2.07 bits per heavy atom. The second-order valence-corrected chi connectivity index (χ2v) is 5.05. The Morgan fingerprint density at radius 3 is 2.43 bits per heavy atom. The number of hydrogen-bond acceptors (Lipinski definition) is 3. The molecule has 0 bridgehead atoms. The third-order valence-electron chi connectivity index (χ3n) is 2.50. The summed E-state index contributed by atoms with van der Waals surface area (Å²) in [5.41, 5.74) is 7.18. The molecular weight excluding hydrogens is 192 g/mol. The fraction of sp³-hybridized carbons (Fsp3) is 0.727. The van der Waals surface area contributed by atoms with Crippen LogP contribution < -0.4 is 5.73 Å². The van der Waals surface area contributed by atoms with Gasteiger partial charge in [-0.3, -0.25) is 0 Å². The van der Waals surface area contributed by atoms with Gasteiger partial charge in [0.25, 0.3) is 0 Å². The van der Waals surface area contributed by atoms with Gasteiger partial charge in [0.05, 0.1) is 10.7 Å². The molecule has 14 heavy (non-hydrogen) atoms. The van der Waals surface area contributed by atoms with Crippen LogP contribution in [0.5, 0.6) is 0 Å². The van der Waals surface area contributed by atoms with Crippen LogP contribution in [0, 0.1) is 5.92 Å². The predicted molar refractivity (Wildman–Crippen MR) is 62.7 cm³/mol. The third-order valence-corrected chi connectivity index (χ3v) is 3.50. The van der Waals surface area contributed by atoms with E-state index in [4.69, 9.17) is 5.73 Å². The molecule has 1 rings (SSSR count). The van der Waals surface area contributed by atoms with Crippen molar-refractivity contribution in [2.75, 3.05) is 0 Å². The van der Waals surface area contributed by atoms with E-state index in [-0.39, 0.29) is 6.04 Å². The zero-order chi connectivity index (χ0) is 10.7. The first kappa shape index (κ1) is 11.7. The zero-order valence-corrected chi connectivity index (χ0v) is 10.3. The molecule has 0 aliphatic heterocycles. The average Bonchev–Trinajstić information content (AvgIpc) is 2.51. The van der Waals surface area contributed by atoms with Crippen molar-refractivity contribution in [1.29, 1.82) is 0 Å². The minimum atomic E-state index is 0.186. The van der Waals surface area contributed by atoms with Gasteiger partial charge < -0.3 is 5.73 Å². The van der Waals surface area contributed by atoms with Gasteiger partial charge in [-0.25, -0.2) is 4.98 Å². The average molecular weight is 212 g/mol. The normalized spacial score (nSPS) is 15.9. The van der Waals surface area contributed by atoms with E-state index in [1.54, 1.807) is 11.3 Å². The number of aromatic nitrogens is 1. The fourth-order valence-corrected chi connectivity index (χ4v) is 3.05. The molecule has 0 saturated heterocycles. The minimum absolute atomic E-state index is 0.186. The third kappa shape index (κ3) is 2.55. The van der Waals surface area contributed by atoms with E-state index < -0.39 is 0 Å². The number of nitrogens with zero attached hydrogens (tertiary/aromatic N) is 1. The Kier molecular flexibility index (Phi) is 4.08. The van der Waals surface area contributed by atoms with E-state index in [1.807, 2.05) is 0 Å². The van der Waals surface area contributed by atoms with E-state index in [0.717, 1.165) is 6.42 Å². The Balaban J connectivity index is 2.88. The summed E-state index contributed by atoms with van der Waals surface area (Å²) in [6.07, 6.45) is 1.01. The summed E-state index contributed by atoms with van der Waals surface area (Å²) in [6.45, 7) is 8.62. The number of thiazole rings is 1. The summed E-state index contributed by atoms with van der Waals surface area (Å²) in [5.74, 6) is 0.964. The molecule has 0 spiro atoms. The molecule has 3 heteroatoms. The SMILES string of the molecule is CCc1csc(C(C(C)C)C(C)N)n1. The zero-order valence-electron chi connectivity index (χ0n) is 9.45. The summed E-state index contributed by atoms with van der Waals surface area (Å²) in [4.78, 5) is 4.61. The predicted octanol–water partition coefficient (Wildman–Crippen LogP) is 2.79. The molecular formula is C11H20N2S. The molecule has 0 saturated carbocycles. The van der Waals surface area contributed by atoms with Crippen molar-refractivity contribution in [3.8, 4) is 0 Å². The smallest absolute Gasteiger partial charge is 0.0977 e. The summed E-state index contributed by atoms with van der Waals surface area (Å²) in [6, 6.07) is 0.186. The van der Waals surface area contributed by atoms with Gasteiger partial charge in [-0.05, 0) is 19.3 Å². The number of rotatable bonds is 4. The highest BCUT2D eigenvalue weighted by Gasteiger charge is 2.22. The van der Waals surface area contributed by atoms with Gasteiger partial charge in [-0.15, -0.1) is 11.3 Å². The van der Waals surface area contributed by atoms with Crippen LogP contribution in [-0.2, 0) is 6.42 Å². The van der Waals surface area contributed by atoms with Crippen LogP contribution in [0.1, 0.15) is 44.3 Å². The van der Waals surface area contributed by atoms with Gasteiger partial charge in [-0.2, -0.15) is 0 Å². The number of nitrogens with two attached hydrogens (primary N) is 1. The second-order valence-electron chi connectivity index (χ2n) is 4.16. The van der Waals surface area contributed by atoms with Crippen molar-refractivity contribution in [3.63, 3.8) is 0 Å². The molecule has 1 heterocycles. The molecule has 2 nitrogen and oxygen atoms in total. The maximum Gasteiger partial charge on any atom is 0.0977 e. The Bertz CT molecular complexity index is 271. The number of aryl methyl sites for hydroxylation is 1. The molecule has 0 fully saturated rings. The van der Waals surface area contributed by atoms with Crippen molar-refractivity contribution in [2.24, 2.45) is 11.7 Å². The summed E-state index contributed by atoms with van der Waals surface area (Å²) in [7, 11) is 0. The van der Waals surface area contributed by atoms with Crippen LogP contribution in [0.4, 0.5) is 0 Å². The lowest BCUT2D eigenvalue weighted by molar-refractivity contribution is 0.433. The standard InChI is InChI=1S/C11H20N2S/c1-5-9-6-14-11(13-9)10(7(2)3)8(4)12/h6-8,10H,5,12H2,1-4H3. The lowest BCUT2D eigenvalue weighted by Crippen LogP contribution is -2.28. The maximum absolute atomic E-state index is 5.99. The van der Waals surface area contributed by atoms with Crippen molar-refractivity contribution in [1.82, 2.24) is 4.98 Å². The molecule has 2 N–H and O–H groups in total. The lowest BCUT2D eigenvalue weighted by Gasteiger charge is -2.22. The van der Waals surface area contributed by atoms with Crippen molar-refractivity contribution < 1.29 is 0 Å². The van der Waals surface area contributed by atoms with E-state index >= 15 is 0 Å². The second kappa shape index (κ2) is 4.89. The molecule has 0 aromatic carbocycles. The molecule has 0 aliphatic rings. The molecule has 2 unspecified atom stereocenters. The Hall–Kier alpha value is -0.410. The van der Waals surface area contributed by atoms with E-state index in [0.29, 0.717) is 11.8 Å². The monoisotopic (exact) mass is 212 g/mol. The lowest BCUT2D eigenvalue weighted by atomic mass is 9.90. The van der Waals surface area contributed by atoms with E-state index in [1.165, 1.54) is 10.7 Å². The van der Waals surface area contributed by atoms with Crippen LogP contribution in [0.15, 0.2) is 5.38 Å². The Labute approximate surface area is 90.6 Å². The maximum atomic E-state index is 5.99. The van der Waals surface area contributed by atoms with Crippen LogP contribution in [0.25, 0.3) is 0 Å². The van der Waals surface area contributed by atoms with Crippen molar-refractivity contribution in [3.05, 3.63) is 16.1 Å². The molecule has 0 radical (unpaired) electrons.